The molecule has 10 nitrogen and oxygen atoms in total. The second kappa shape index (κ2) is 10.4. The van der Waals surface area contributed by atoms with E-state index in [1.165, 1.54) is 27.2 Å². The molecule has 6 rings (SSSR count). The lowest BCUT2D eigenvalue weighted by Gasteiger charge is -2.35. The zero-order chi connectivity index (χ0) is 27.8. The van der Waals surface area contributed by atoms with E-state index >= 15 is 0 Å². The van der Waals surface area contributed by atoms with Crippen LogP contribution in [0.4, 0.5) is 21.9 Å². The predicted molar refractivity (Wildman–Crippen MR) is 152 cm³/mol. The Hall–Kier alpha value is -4.74. The van der Waals surface area contributed by atoms with E-state index in [1.54, 1.807) is 36.5 Å². The maximum atomic E-state index is 13.4. The van der Waals surface area contributed by atoms with Gasteiger partial charge in [0, 0.05) is 19.3 Å². The van der Waals surface area contributed by atoms with Gasteiger partial charge >= 0.3 is 6.03 Å². The van der Waals surface area contributed by atoms with E-state index in [1.807, 2.05) is 30.3 Å². The molecule has 40 heavy (non-hydrogen) atoms. The lowest BCUT2D eigenvalue weighted by molar-refractivity contribution is -0.129. The van der Waals surface area contributed by atoms with Crippen LogP contribution < -0.4 is 20.3 Å². The second-order valence-electron chi connectivity index (χ2n) is 9.42. The van der Waals surface area contributed by atoms with Crippen molar-refractivity contribution in [3.05, 3.63) is 84.4 Å². The molecule has 0 spiro atoms. The fourth-order valence-corrected chi connectivity index (χ4v) is 5.97. The van der Waals surface area contributed by atoms with Crippen molar-refractivity contribution in [2.24, 2.45) is 0 Å². The van der Waals surface area contributed by atoms with Crippen LogP contribution in [0, 0.1) is 0 Å². The summed E-state index contributed by atoms with van der Waals surface area (Å²) >= 11 is 1.17. The van der Waals surface area contributed by atoms with Crippen LogP contribution in [-0.2, 0) is 4.79 Å². The number of aliphatic hydroxyl groups excluding tert-OH is 1. The van der Waals surface area contributed by atoms with Crippen LogP contribution in [0.2, 0.25) is 0 Å². The molecule has 11 heteroatoms. The molecule has 3 N–H and O–H groups in total. The predicted octanol–water partition coefficient (Wildman–Crippen LogP) is 4.65. The number of hydrogen-bond donors (Lipinski definition) is 3. The number of benzene rings is 2. The highest BCUT2D eigenvalue weighted by Crippen LogP contribution is 2.46. The zero-order valence-corrected chi connectivity index (χ0v) is 22.1. The number of nitrogens with one attached hydrogen (secondary N) is 2. The van der Waals surface area contributed by atoms with Gasteiger partial charge in [0.2, 0.25) is 5.91 Å². The number of pyridine rings is 1. The summed E-state index contributed by atoms with van der Waals surface area (Å²) in [6, 6.07) is 17.3. The number of anilines is 3. The number of hydrogen-bond acceptors (Lipinski definition) is 7. The third-order valence-corrected chi connectivity index (χ3v) is 8.01. The Kier molecular flexibility index (Phi) is 6.66. The number of likely N-dealkylation sites (tertiary alicyclic amines) is 1. The normalized spacial score (nSPS) is 18.3. The number of thiophene rings is 1. The number of aliphatic hydroxyl groups is 1. The summed E-state index contributed by atoms with van der Waals surface area (Å²) in [7, 11) is 0. The van der Waals surface area contributed by atoms with Gasteiger partial charge in [-0.15, -0.1) is 11.3 Å². The Labute approximate surface area is 233 Å². The third kappa shape index (κ3) is 4.65. The quantitative estimate of drug-likeness (QED) is 0.298. The largest absolute Gasteiger partial charge is 0.457 e. The first kappa shape index (κ1) is 25.5. The molecule has 2 atom stereocenters. The lowest BCUT2D eigenvalue weighted by atomic mass is 10.0. The minimum absolute atomic E-state index is 0.0989. The van der Waals surface area contributed by atoms with Crippen LogP contribution in [0.15, 0.2) is 79.5 Å². The molecule has 1 fully saturated rings. The molecule has 0 radical (unpaired) electrons. The molecule has 2 aromatic carbocycles. The SMILES string of the molecule is C=CC(=O)N1CC[C@H](NC(=O)c2sc3nccc4c3c2NC(=O)N4c2ccc(Oc3ccccc3)cc2)[C@@H](O)C1. The van der Waals surface area contributed by atoms with Crippen LogP contribution >= 0.6 is 11.3 Å². The minimum atomic E-state index is -0.931. The van der Waals surface area contributed by atoms with E-state index in [4.69, 9.17) is 4.74 Å². The maximum Gasteiger partial charge on any atom is 0.331 e. The zero-order valence-electron chi connectivity index (χ0n) is 21.2. The number of piperidine rings is 1. The average molecular weight is 556 g/mol. The average Bonchev–Trinajstić information content (AvgIpc) is 3.34. The standard InChI is InChI=1S/C29H25N5O5S/c1-2-23(36)33-15-13-20(22(35)16-33)31-27(37)26-25-24-21(12-14-30-28(24)40-26)34(29(38)32-25)17-8-10-19(11-9-17)39-18-6-4-3-5-7-18/h2-12,14,20,22,35H,1,13,15-16H2,(H,31,37)(H,32,38)/t20-,22-/m0/s1. The van der Waals surface area contributed by atoms with Crippen LogP contribution in [-0.4, -0.2) is 58.1 Å². The molecule has 0 saturated carbocycles. The Morgan fingerprint density at radius 1 is 1.12 bits per heavy atom. The van der Waals surface area contributed by atoms with Gasteiger partial charge in [0.25, 0.3) is 5.91 Å². The third-order valence-electron chi connectivity index (χ3n) is 6.91. The maximum absolute atomic E-state index is 13.4. The molecule has 0 bridgehead atoms. The number of rotatable bonds is 6. The van der Waals surface area contributed by atoms with Crippen molar-refractivity contribution in [2.45, 2.75) is 18.6 Å². The number of carbonyl (C=O) groups excluding carboxylic acids is 3. The van der Waals surface area contributed by atoms with Gasteiger partial charge in [0.05, 0.1) is 34.6 Å². The second-order valence-corrected chi connectivity index (χ2v) is 10.4. The molecule has 4 heterocycles. The summed E-state index contributed by atoms with van der Waals surface area (Å²) in [5.41, 5.74) is 1.61. The number of urea groups is 1. The first-order chi connectivity index (χ1) is 19.4. The first-order valence-corrected chi connectivity index (χ1v) is 13.5. The highest BCUT2D eigenvalue weighted by molar-refractivity contribution is 7.21. The molecular weight excluding hydrogens is 530 g/mol. The van der Waals surface area contributed by atoms with Gasteiger partial charge in [-0.2, -0.15) is 0 Å². The van der Waals surface area contributed by atoms with Gasteiger partial charge in [-0.3, -0.25) is 14.5 Å². The Bertz CT molecular complexity index is 1620. The van der Waals surface area contributed by atoms with Crippen molar-refractivity contribution in [1.29, 1.82) is 0 Å². The Morgan fingerprint density at radius 3 is 2.60 bits per heavy atom. The van der Waals surface area contributed by atoms with E-state index in [9.17, 15) is 19.5 Å². The Morgan fingerprint density at radius 2 is 1.88 bits per heavy atom. The topological polar surface area (TPSA) is 124 Å². The van der Waals surface area contributed by atoms with Crippen LogP contribution in [0.25, 0.3) is 10.2 Å². The molecule has 2 aromatic heterocycles. The van der Waals surface area contributed by atoms with Crippen molar-refractivity contribution >= 4 is 56.5 Å². The molecule has 202 valence electrons. The lowest BCUT2D eigenvalue weighted by Crippen LogP contribution is -2.55. The summed E-state index contributed by atoms with van der Waals surface area (Å²) in [5.74, 6) is 0.651. The van der Waals surface area contributed by atoms with E-state index < -0.39 is 24.1 Å². The summed E-state index contributed by atoms with van der Waals surface area (Å²) in [6.07, 6.45) is 2.27. The molecule has 0 unspecified atom stereocenters. The molecule has 2 aliphatic heterocycles. The van der Waals surface area contributed by atoms with Gasteiger partial charge in [-0.05, 0) is 55.0 Å². The van der Waals surface area contributed by atoms with E-state index in [0.29, 0.717) is 56.6 Å². The van der Waals surface area contributed by atoms with Crippen LogP contribution in [0.5, 0.6) is 11.5 Å². The summed E-state index contributed by atoms with van der Waals surface area (Å²) in [5, 5.41) is 17.0. The van der Waals surface area contributed by atoms with Crippen molar-refractivity contribution in [3.63, 3.8) is 0 Å². The fourth-order valence-electron chi connectivity index (χ4n) is 4.95. The number of para-hydroxylation sites is 1. The molecular formula is C29H25N5O5S. The molecule has 0 aliphatic carbocycles. The molecule has 2 aliphatic rings. The minimum Gasteiger partial charge on any atom is -0.457 e. The molecule has 4 aromatic rings. The molecule has 1 saturated heterocycles. The van der Waals surface area contributed by atoms with Crippen molar-refractivity contribution in [1.82, 2.24) is 15.2 Å². The summed E-state index contributed by atoms with van der Waals surface area (Å²) < 4.78 is 5.87. The van der Waals surface area contributed by atoms with Gasteiger partial charge in [0.15, 0.2) is 0 Å². The number of amides is 4. The number of β-amino-alcohol motifs (C(OH)–C–C–N with tert-alkyl or cyclic N) is 1. The van der Waals surface area contributed by atoms with Gasteiger partial charge in [-0.25, -0.2) is 9.78 Å². The molecule has 4 amide bonds. The number of carbonyl (C=O) groups is 3. The van der Waals surface area contributed by atoms with Gasteiger partial charge in [-0.1, -0.05) is 24.8 Å². The fraction of sp³-hybridized carbons (Fsp3) is 0.172. The summed E-state index contributed by atoms with van der Waals surface area (Å²) in [6.45, 7) is 3.97. The van der Waals surface area contributed by atoms with Crippen LogP contribution in [0.3, 0.4) is 0 Å². The van der Waals surface area contributed by atoms with Gasteiger partial charge < -0.3 is 25.4 Å². The number of ether oxygens (including phenoxy) is 1. The van der Waals surface area contributed by atoms with Crippen molar-refractivity contribution < 1.29 is 24.2 Å². The van der Waals surface area contributed by atoms with Crippen molar-refractivity contribution in [3.8, 4) is 11.5 Å². The van der Waals surface area contributed by atoms with E-state index in [2.05, 4.69) is 22.2 Å². The van der Waals surface area contributed by atoms with E-state index in [0.717, 1.165) is 0 Å². The monoisotopic (exact) mass is 555 g/mol. The highest BCUT2D eigenvalue weighted by Gasteiger charge is 2.35. The Balaban J connectivity index is 1.25. The number of nitrogens with zero attached hydrogens (tertiary/aromatic N) is 3. The van der Waals surface area contributed by atoms with Crippen molar-refractivity contribution in [2.75, 3.05) is 23.3 Å². The summed E-state index contributed by atoms with van der Waals surface area (Å²) in [4.78, 5) is 47.0. The van der Waals surface area contributed by atoms with Crippen LogP contribution in [0.1, 0.15) is 16.1 Å². The highest BCUT2D eigenvalue weighted by atomic mass is 32.1. The number of aromatic nitrogens is 1. The van der Waals surface area contributed by atoms with Gasteiger partial charge in [0.1, 0.15) is 21.2 Å². The smallest absolute Gasteiger partial charge is 0.331 e. The first-order valence-electron chi connectivity index (χ1n) is 12.7. The van der Waals surface area contributed by atoms with E-state index in [-0.39, 0.29) is 12.5 Å².